The van der Waals surface area contributed by atoms with Crippen LogP contribution >= 0.6 is 0 Å². The number of nitrogens with one attached hydrogen (secondary N) is 1. The summed E-state index contributed by atoms with van der Waals surface area (Å²) in [7, 11) is -3.62. The summed E-state index contributed by atoms with van der Waals surface area (Å²) in [5.41, 5.74) is 2.03. The summed E-state index contributed by atoms with van der Waals surface area (Å²) in [4.78, 5) is 28.5. The van der Waals surface area contributed by atoms with E-state index in [9.17, 15) is 22.4 Å². The highest BCUT2D eigenvalue weighted by atomic mass is 32.2. The van der Waals surface area contributed by atoms with Gasteiger partial charge in [-0.25, -0.2) is 12.8 Å². The average Bonchev–Trinajstić information content (AvgIpc) is 2.94. The van der Waals surface area contributed by atoms with Gasteiger partial charge in [-0.2, -0.15) is 0 Å². The molecule has 3 aromatic rings. The Kier molecular flexibility index (Phi) is 11.7. The minimum absolute atomic E-state index is 0.00887. The Bertz CT molecular complexity index is 1370. The molecular formula is C31H38FN3O5S. The Hall–Kier alpha value is -3.92. The van der Waals surface area contributed by atoms with Gasteiger partial charge in [0.15, 0.2) is 0 Å². The Morgan fingerprint density at radius 3 is 2.17 bits per heavy atom. The maximum Gasteiger partial charge on any atom is 0.243 e. The van der Waals surface area contributed by atoms with Gasteiger partial charge < -0.3 is 15.0 Å². The van der Waals surface area contributed by atoms with Crippen LogP contribution in [0.15, 0.2) is 78.9 Å². The zero-order valence-corrected chi connectivity index (χ0v) is 24.6. The van der Waals surface area contributed by atoms with Crippen molar-refractivity contribution in [3.05, 3.63) is 95.8 Å². The van der Waals surface area contributed by atoms with Crippen LogP contribution in [-0.4, -0.2) is 57.1 Å². The molecule has 0 unspecified atom stereocenters. The third-order valence-corrected chi connectivity index (χ3v) is 7.67. The number of benzene rings is 3. The molecule has 1 N–H and O–H groups in total. The molecule has 8 nitrogen and oxygen atoms in total. The predicted octanol–water partition coefficient (Wildman–Crippen LogP) is 4.55. The van der Waals surface area contributed by atoms with Gasteiger partial charge in [-0.1, -0.05) is 42.5 Å². The van der Waals surface area contributed by atoms with E-state index in [1.807, 2.05) is 44.2 Å². The number of carbonyl (C=O) groups excluding carboxylic acids is 2. The van der Waals surface area contributed by atoms with Crippen LogP contribution < -0.4 is 14.4 Å². The number of hydrogen-bond donors (Lipinski definition) is 1. The van der Waals surface area contributed by atoms with Crippen LogP contribution in [0.1, 0.15) is 37.8 Å². The van der Waals surface area contributed by atoms with Gasteiger partial charge in [0.1, 0.15) is 17.6 Å². The number of carbonyl (C=O) groups is 2. The SMILES string of the molecule is CCNC(=O)[C@@H](Cc1ccccc1)N(Cc1ccc(F)cc1)C(=O)CCCN(c1ccc(OCC)cc1)S(C)(=O)=O. The lowest BCUT2D eigenvalue weighted by Gasteiger charge is -2.32. The standard InChI is InChI=1S/C31H38FN3O5S/c1-4-33-31(37)29(22-24-10-7-6-8-11-24)34(23-25-13-15-26(32)16-14-25)30(36)12-9-21-35(41(3,38)39)27-17-19-28(20-18-27)40-5-2/h6-8,10-11,13-20,29H,4-5,9,12,21-23H2,1-3H3,(H,33,37)/t29-/m1/s1. The number of sulfonamides is 1. The first-order chi connectivity index (χ1) is 19.6. The molecule has 0 aliphatic carbocycles. The lowest BCUT2D eigenvalue weighted by Crippen LogP contribution is -2.50. The van der Waals surface area contributed by atoms with Crippen molar-refractivity contribution in [1.82, 2.24) is 10.2 Å². The molecule has 0 spiro atoms. The fraction of sp³-hybridized carbons (Fsp3) is 0.355. The van der Waals surface area contributed by atoms with Crippen molar-refractivity contribution in [2.45, 2.75) is 45.7 Å². The normalized spacial score (nSPS) is 11.9. The second kappa shape index (κ2) is 15.2. The fourth-order valence-corrected chi connectivity index (χ4v) is 5.48. The van der Waals surface area contributed by atoms with E-state index in [2.05, 4.69) is 5.32 Å². The van der Waals surface area contributed by atoms with Crippen LogP contribution in [0.5, 0.6) is 5.75 Å². The van der Waals surface area contributed by atoms with E-state index in [0.29, 0.717) is 36.6 Å². The van der Waals surface area contributed by atoms with Crippen LogP contribution in [0, 0.1) is 5.82 Å². The first-order valence-corrected chi connectivity index (χ1v) is 15.5. The van der Waals surface area contributed by atoms with Gasteiger partial charge in [-0.3, -0.25) is 13.9 Å². The molecule has 10 heteroatoms. The highest BCUT2D eigenvalue weighted by molar-refractivity contribution is 7.92. The van der Waals surface area contributed by atoms with Crippen LogP contribution in [0.3, 0.4) is 0 Å². The number of likely N-dealkylation sites (N-methyl/N-ethyl adjacent to an activating group) is 1. The molecular weight excluding hydrogens is 545 g/mol. The van der Waals surface area contributed by atoms with Gasteiger partial charge in [-0.15, -0.1) is 0 Å². The van der Waals surface area contributed by atoms with E-state index < -0.39 is 21.9 Å². The quantitative estimate of drug-likeness (QED) is 0.283. The van der Waals surface area contributed by atoms with Crippen molar-refractivity contribution in [1.29, 1.82) is 0 Å². The fourth-order valence-electron chi connectivity index (χ4n) is 4.51. The van der Waals surface area contributed by atoms with Crippen LogP contribution in [0.2, 0.25) is 0 Å². The first kappa shape index (κ1) is 31.6. The van der Waals surface area contributed by atoms with Crippen molar-refractivity contribution in [2.75, 3.05) is 30.3 Å². The summed E-state index contributed by atoms with van der Waals surface area (Å²) in [6.07, 6.45) is 1.65. The van der Waals surface area contributed by atoms with Gasteiger partial charge in [0.2, 0.25) is 21.8 Å². The van der Waals surface area contributed by atoms with Crippen molar-refractivity contribution in [3.8, 4) is 5.75 Å². The van der Waals surface area contributed by atoms with Gasteiger partial charge in [0.05, 0.1) is 18.6 Å². The van der Waals surface area contributed by atoms with Crippen molar-refractivity contribution < 1.29 is 27.1 Å². The molecule has 2 amide bonds. The maximum atomic E-state index is 13.7. The van der Waals surface area contributed by atoms with Crippen LogP contribution in [0.25, 0.3) is 0 Å². The molecule has 0 aromatic heterocycles. The molecule has 0 bridgehead atoms. The lowest BCUT2D eigenvalue weighted by molar-refractivity contribution is -0.141. The van der Waals surface area contributed by atoms with E-state index in [1.54, 1.807) is 36.4 Å². The number of amides is 2. The molecule has 41 heavy (non-hydrogen) atoms. The summed E-state index contributed by atoms with van der Waals surface area (Å²) in [6, 6.07) is 21.1. The number of halogens is 1. The van der Waals surface area contributed by atoms with Crippen LogP contribution in [0.4, 0.5) is 10.1 Å². The molecule has 0 saturated heterocycles. The van der Waals surface area contributed by atoms with Gasteiger partial charge >= 0.3 is 0 Å². The predicted molar refractivity (Wildman–Crippen MR) is 159 cm³/mol. The van der Waals surface area contributed by atoms with E-state index in [0.717, 1.165) is 11.8 Å². The Balaban J connectivity index is 1.83. The molecule has 1 atom stereocenters. The molecule has 3 aromatic carbocycles. The molecule has 220 valence electrons. The molecule has 0 saturated carbocycles. The minimum atomic E-state index is -3.62. The van der Waals surface area contributed by atoms with E-state index in [-0.39, 0.29) is 37.7 Å². The monoisotopic (exact) mass is 583 g/mol. The van der Waals surface area contributed by atoms with Gasteiger partial charge in [0.25, 0.3) is 0 Å². The summed E-state index contributed by atoms with van der Waals surface area (Å²) in [5.74, 6) is -0.363. The Labute approximate surface area is 242 Å². The second-order valence-corrected chi connectivity index (χ2v) is 11.5. The smallest absolute Gasteiger partial charge is 0.243 e. The van der Waals surface area contributed by atoms with Gasteiger partial charge in [0, 0.05) is 32.5 Å². The number of anilines is 1. The molecule has 0 aliphatic heterocycles. The van der Waals surface area contributed by atoms with Crippen molar-refractivity contribution in [3.63, 3.8) is 0 Å². The number of rotatable bonds is 15. The number of hydrogen-bond acceptors (Lipinski definition) is 5. The number of ether oxygens (including phenoxy) is 1. The average molecular weight is 584 g/mol. The Morgan fingerprint density at radius 1 is 0.927 bits per heavy atom. The minimum Gasteiger partial charge on any atom is -0.494 e. The maximum absolute atomic E-state index is 13.7. The highest BCUT2D eigenvalue weighted by Crippen LogP contribution is 2.23. The molecule has 0 fully saturated rings. The first-order valence-electron chi connectivity index (χ1n) is 13.7. The largest absolute Gasteiger partial charge is 0.494 e. The zero-order chi connectivity index (χ0) is 29.8. The summed E-state index contributed by atoms with van der Waals surface area (Å²) in [6.45, 7) is 4.74. The number of nitrogens with zero attached hydrogens (tertiary/aromatic N) is 2. The molecule has 0 radical (unpaired) electrons. The third-order valence-electron chi connectivity index (χ3n) is 6.48. The third kappa shape index (κ3) is 9.60. The van der Waals surface area contributed by atoms with E-state index in [1.165, 1.54) is 21.3 Å². The molecule has 3 rings (SSSR count). The molecule has 0 heterocycles. The highest BCUT2D eigenvalue weighted by Gasteiger charge is 2.30. The molecule has 0 aliphatic rings. The second-order valence-electron chi connectivity index (χ2n) is 9.61. The topological polar surface area (TPSA) is 96.0 Å². The van der Waals surface area contributed by atoms with Crippen molar-refractivity contribution in [2.24, 2.45) is 0 Å². The summed E-state index contributed by atoms with van der Waals surface area (Å²) >= 11 is 0. The zero-order valence-electron chi connectivity index (χ0n) is 23.8. The van der Waals surface area contributed by atoms with Gasteiger partial charge in [-0.05, 0) is 67.8 Å². The van der Waals surface area contributed by atoms with Crippen LogP contribution in [-0.2, 0) is 32.6 Å². The summed E-state index contributed by atoms with van der Waals surface area (Å²) < 4.78 is 45.5. The van der Waals surface area contributed by atoms with Crippen molar-refractivity contribution >= 4 is 27.5 Å². The lowest BCUT2D eigenvalue weighted by atomic mass is 10.0. The Morgan fingerprint density at radius 2 is 1.59 bits per heavy atom. The van der Waals surface area contributed by atoms with E-state index in [4.69, 9.17) is 4.74 Å². The van der Waals surface area contributed by atoms with E-state index >= 15 is 0 Å². The summed E-state index contributed by atoms with van der Waals surface area (Å²) in [5, 5.41) is 2.83.